The van der Waals surface area contributed by atoms with Crippen LogP contribution < -0.4 is 10.6 Å². The third kappa shape index (κ3) is 2.01. The van der Waals surface area contributed by atoms with E-state index in [1.807, 2.05) is 34.5 Å². The fourth-order valence-corrected chi connectivity index (χ4v) is 3.53. The van der Waals surface area contributed by atoms with Gasteiger partial charge in [-0.25, -0.2) is 0 Å². The number of nitrogens with zero attached hydrogens (tertiary/aromatic N) is 1. The summed E-state index contributed by atoms with van der Waals surface area (Å²) in [6, 6.07) is 7.68. The van der Waals surface area contributed by atoms with Gasteiger partial charge in [0.15, 0.2) is 0 Å². The molecule has 18 heavy (non-hydrogen) atoms. The zero-order valence-corrected chi connectivity index (χ0v) is 12.5. The number of fused-ring (bicyclic) bond motifs is 1. The van der Waals surface area contributed by atoms with Crippen LogP contribution >= 0.6 is 33.9 Å². The van der Waals surface area contributed by atoms with Crippen LogP contribution in [0.1, 0.15) is 15.9 Å². The third-order valence-electron chi connectivity index (χ3n) is 3.06. The highest BCUT2D eigenvalue weighted by Gasteiger charge is 2.25. The average Bonchev–Trinajstić information content (AvgIpc) is 2.94. The maximum absolute atomic E-state index is 12.4. The number of carbonyl (C=O) groups is 1. The van der Waals surface area contributed by atoms with Crippen LogP contribution in [0.3, 0.4) is 0 Å². The number of nitrogen functional groups attached to an aromatic ring is 1. The molecule has 2 N–H and O–H groups in total. The Labute approximate surface area is 123 Å². The van der Waals surface area contributed by atoms with Gasteiger partial charge in [-0.05, 0) is 58.8 Å². The summed E-state index contributed by atoms with van der Waals surface area (Å²) in [5.41, 5.74) is 9.45. The molecule has 2 heterocycles. The van der Waals surface area contributed by atoms with Crippen molar-refractivity contribution in [2.24, 2.45) is 0 Å². The summed E-state index contributed by atoms with van der Waals surface area (Å²) < 4.78 is 1.13. The maximum Gasteiger partial charge on any atom is 0.259 e. The zero-order chi connectivity index (χ0) is 12.7. The second-order valence-electron chi connectivity index (χ2n) is 4.23. The summed E-state index contributed by atoms with van der Waals surface area (Å²) in [7, 11) is 0. The molecule has 2 aromatic rings. The largest absolute Gasteiger partial charge is 0.399 e. The number of nitrogens with two attached hydrogens (primary N) is 1. The Morgan fingerprint density at radius 2 is 2.22 bits per heavy atom. The van der Waals surface area contributed by atoms with Gasteiger partial charge in [-0.1, -0.05) is 0 Å². The zero-order valence-electron chi connectivity index (χ0n) is 9.52. The van der Waals surface area contributed by atoms with Crippen LogP contribution in [0, 0.1) is 2.88 Å². The first kappa shape index (κ1) is 12.0. The monoisotopic (exact) mass is 370 g/mol. The average molecular weight is 370 g/mol. The number of halogens is 1. The maximum atomic E-state index is 12.4. The van der Waals surface area contributed by atoms with Gasteiger partial charge in [0, 0.05) is 23.3 Å². The fourth-order valence-electron chi connectivity index (χ4n) is 2.21. The number of thiophene rings is 1. The summed E-state index contributed by atoms with van der Waals surface area (Å²) >= 11 is 3.83. The highest BCUT2D eigenvalue weighted by molar-refractivity contribution is 14.1. The highest BCUT2D eigenvalue weighted by Crippen LogP contribution is 2.31. The normalized spacial score (nSPS) is 13.7. The molecule has 1 aliphatic rings. The molecule has 0 fully saturated rings. The predicted octanol–water partition coefficient (Wildman–Crippen LogP) is 3.14. The van der Waals surface area contributed by atoms with Gasteiger partial charge in [-0.3, -0.25) is 4.79 Å². The molecule has 0 radical (unpaired) electrons. The van der Waals surface area contributed by atoms with Crippen LogP contribution in [-0.2, 0) is 6.42 Å². The van der Waals surface area contributed by atoms with Crippen LogP contribution in [-0.4, -0.2) is 12.5 Å². The minimum atomic E-state index is 0.0812. The highest BCUT2D eigenvalue weighted by atomic mass is 127. The standard InChI is InChI=1S/C13H11IN2OS/c14-12-6-9(7-18-12)13(17)16-4-3-8-5-10(15)1-2-11(8)16/h1-2,5-7H,3-4,15H2. The number of hydrogen-bond donors (Lipinski definition) is 1. The van der Waals surface area contributed by atoms with Crippen molar-refractivity contribution in [3.8, 4) is 0 Å². The van der Waals surface area contributed by atoms with Crippen molar-refractivity contribution >= 4 is 51.2 Å². The molecule has 5 heteroatoms. The van der Waals surface area contributed by atoms with E-state index in [-0.39, 0.29) is 5.91 Å². The lowest BCUT2D eigenvalue weighted by Crippen LogP contribution is -2.28. The quantitative estimate of drug-likeness (QED) is 0.619. The van der Waals surface area contributed by atoms with E-state index in [9.17, 15) is 4.79 Å². The van der Waals surface area contributed by atoms with E-state index in [0.29, 0.717) is 0 Å². The molecule has 0 aliphatic carbocycles. The SMILES string of the molecule is Nc1ccc2c(c1)CCN2C(=O)c1csc(I)c1. The van der Waals surface area contributed by atoms with E-state index in [0.717, 1.165) is 38.4 Å². The molecule has 0 saturated carbocycles. The van der Waals surface area contributed by atoms with Crippen molar-refractivity contribution in [2.45, 2.75) is 6.42 Å². The lowest BCUT2D eigenvalue weighted by molar-refractivity contribution is 0.0990. The Balaban J connectivity index is 1.95. The molecule has 0 spiro atoms. The van der Waals surface area contributed by atoms with E-state index in [2.05, 4.69) is 22.6 Å². The molecular weight excluding hydrogens is 359 g/mol. The summed E-state index contributed by atoms with van der Waals surface area (Å²) in [5, 5.41) is 1.92. The number of anilines is 2. The van der Waals surface area contributed by atoms with Crippen molar-refractivity contribution in [2.75, 3.05) is 17.2 Å². The van der Waals surface area contributed by atoms with Gasteiger partial charge in [0.25, 0.3) is 5.91 Å². The third-order valence-corrected chi connectivity index (χ3v) is 4.85. The smallest absolute Gasteiger partial charge is 0.259 e. The second-order valence-corrected chi connectivity index (χ2v) is 7.04. The molecule has 0 unspecified atom stereocenters. The Kier molecular flexibility index (Phi) is 3.03. The second kappa shape index (κ2) is 4.55. The predicted molar refractivity (Wildman–Crippen MR) is 83.3 cm³/mol. The molecule has 1 aromatic heterocycles. The van der Waals surface area contributed by atoms with Crippen LogP contribution in [0.5, 0.6) is 0 Å². The van der Waals surface area contributed by atoms with E-state index >= 15 is 0 Å². The number of amides is 1. The van der Waals surface area contributed by atoms with Crippen LogP contribution in [0.2, 0.25) is 0 Å². The van der Waals surface area contributed by atoms with E-state index < -0.39 is 0 Å². The van der Waals surface area contributed by atoms with E-state index in [1.165, 1.54) is 0 Å². The number of carbonyl (C=O) groups excluding carboxylic acids is 1. The number of rotatable bonds is 1. The first-order valence-corrected chi connectivity index (χ1v) is 7.55. The molecule has 1 amide bonds. The summed E-state index contributed by atoms with van der Waals surface area (Å²) in [4.78, 5) is 14.2. The van der Waals surface area contributed by atoms with Gasteiger partial charge in [0.05, 0.1) is 8.45 Å². The molecule has 1 aliphatic heterocycles. The van der Waals surface area contributed by atoms with Crippen LogP contribution in [0.4, 0.5) is 11.4 Å². The van der Waals surface area contributed by atoms with Gasteiger partial charge in [-0.15, -0.1) is 11.3 Å². The van der Waals surface area contributed by atoms with Crippen molar-refractivity contribution in [1.82, 2.24) is 0 Å². The lowest BCUT2D eigenvalue weighted by Gasteiger charge is -2.16. The molecule has 3 rings (SSSR count). The van der Waals surface area contributed by atoms with Crippen molar-refractivity contribution in [3.05, 3.63) is 43.7 Å². The van der Waals surface area contributed by atoms with Crippen molar-refractivity contribution in [1.29, 1.82) is 0 Å². The van der Waals surface area contributed by atoms with Crippen LogP contribution in [0.15, 0.2) is 29.6 Å². The van der Waals surface area contributed by atoms with Gasteiger partial charge < -0.3 is 10.6 Å². The Bertz CT molecular complexity index is 623. The number of hydrogen-bond acceptors (Lipinski definition) is 3. The minimum absolute atomic E-state index is 0.0812. The Morgan fingerprint density at radius 3 is 2.94 bits per heavy atom. The van der Waals surface area contributed by atoms with Gasteiger partial charge in [-0.2, -0.15) is 0 Å². The molecular formula is C13H11IN2OS. The van der Waals surface area contributed by atoms with Gasteiger partial charge in [0.1, 0.15) is 0 Å². The molecule has 0 bridgehead atoms. The summed E-state index contributed by atoms with van der Waals surface area (Å²) in [5.74, 6) is 0.0812. The van der Waals surface area contributed by atoms with E-state index in [1.54, 1.807) is 11.3 Å². The summed E-state index contributed by atoms with van der Waals surface area (Å²) in [6.45, 7) is 0.740. The van der Waals surface area contributed by atoms with Gasteiger partial charge >= 0.3 is 0 Å². The first-order valence-electron chi connectivity index (χ1n) is 5.59. The summed E-state index contributed by atoms with van der Waals surface area (Å²) in [6.07, 6.45) is 0.882. The Hall–Kier alpha value is -1.08. The molecule has 92 valence electrons. The van der Waals surface area contributed by atoms with Crippen molar-refractivity contribution in [3.63, 3.8) is 0 Å². The van der Waals surface area contributed by atoms with Crippen LogP contribution in [0.25, 0.3) is 0 Å². The van der Waals surface area contributed by atoms with Crippen molar-refractivity contribution < 1.29 is 4.79 Å². The van der Waals surface area contributed by atoms with E-state index in [4.69, 9.17) is 5.73 Å². The number of benzene rings is 1. The fraction of sp³-hybridized carbons (Fsp3) is 0.154. The first-order chi connectivity index (χ1) is 8.65. The lowest BCUT2D eigenvalue weighted by atomic mass is 10.1. The Morgan fingerprint density at radius 1 is 1.39 bits per heavy atom. The topological polar surface area (TPSA) is 46.3 Å². The molecule has 0 saturated heterocycles. The molecule has 0 atom stereocenters. The molecule has 1 aromatic carbocycles. The molecule has 3 nitrogen and oxygen atoms in total. The van der Waals surface area contributed by atoms with Gasteiger partial charge in [0.2, 0.25) is 0 Å². The minimum Gasteiger partial charge on any atom is -0.399 e.